The molecular formula is C11H16Cl2N2O2. The van der Waals surface area contributed by atoms with E-state index in [0.717, 1.165) is 25.9 Å². The third-order valence-corrected chi connectivity index (χ3v) is 4.72. The van der Waals surface area contributed by atoms with Crippen molar-refractivity contribution in [3.8, 4) is 0 Å². The molecule has 2 aliphatic rings. The van der Waals surface area contributed by atoms with E-state index in [2.05, 4.69) is 5.32 Å². The Hall–Kier alpha value is -0.480. The number of rotatable bonds is 3. The quantitative estimate of drug-likeness (QED) is 0.792. The van der Waals surface area contributed by atoms with Gasteiger partial charge in [0.2, 0.25) is 11.8 Å². The van der Waals surface area contributed by atoms with Crippen LogP contribution >= 0.6 is 23.2 Å². The van der Waals surface area contributed by atoms with Crippen LogP contribution in [0.25, 0.3) is 0 Å². The predicted octanol–water partition coefficient (Wildman–Crippen LogP) is 1.31. The Morgan fingerprint density at radius 3 is 2.29 bits per heavy atom. The Morgan fingerprint density at radius 2 is 1.82 bits per heavy atom. The molecule has 1 aliphatic heterocycles. The molecule has 0 spiro atoms. The van der Waals surface area contributed by atoms with Crippen molar-refractivity contribution >= 4 is 35.0 Å². The number of nitrogens with one attached hydrogen (secondary N) is 1. The first kappa shape index (κ1) is 13.0. The van der Waals surface area contributed by atoms with Crippen LogP contribution in [0.4, 0.5) is 0 Å². The molecule has 1 atom stereocenters. The summed E-state index contributed by atoms with van der Waals surface area (Å²) in [6.07, 6.45) is 2.53. The lowest BCUT2D eigenvalue weighted by atomic mass is 10.1. The van der Waals surface area contributed by atoms with Crippen molar-refractivity contribution in [1.29, 1.82) is 0 Å². The van der Waals surface area contributed by atoms with Gasteiger partial charge >= 0.3 is 0 Å². The monoisotopic (exact) mass is 278 g/mol. The minimum atomic E-state index is -0.978. The van der Waals surface area contributed by atoms with Gasteiger partial charge in [-0.3, -0.25) is 9.59 Å². The highest BCUT2D eigenvalue weighted by atomic mass is 35.5. The van der Waals surface area contributed by atoms with Gasteiger partial charge < -0.3 is 10.2 Å². The van der Waals surface area contributed by atoms with Crippen LogP contribution in [0, 0.1) is 5.41 Å². The molecular weight excluding hydrogens is 263 g/mol. The van der Waals surface area contributed by atoms with Gasteiger partial charge in [0.15, 0.2) is 0 Å². The van der Waals surface area contributed by atoms with Crippen molar-refractivity contribution in [2.75, 3.05) is 19.6 Å². The number of carbonyl (C=O) groups excluding carboxylic acids is 2. The highest BCUT2D eigenvalue weighted by Gasteiger charge is 2.67. The van der Waals surface area contributed by atoms with Crippen molar-refractivity contribution in [3.05, 3.63) is 0 Å². The first-order valence-corrected chi connectivity index (χ1v) is 6.56. The highest BCUT2D eigenvalue weighted by Crippen LogP contribution is 2.63. The lowest BCUT2D eigenvalue weighted by Gasteiger charge is -2.17. The van der Waals surface area contributed by atoms with E-state index in [1.54, 1.807) is 11.8 Å². The fourth-order valence-electron chi connectivity index (χ4n) is 2.08. The lowest BCUT2D eigenvalue weighted by molar-refractivity contribution is -0.133. The summed E-state index contributed by atoms with van der Waals surface area (Å²) >= 11 is 11.8. The Morgan fingerprint density at radius 1 is 1.29 bits per heavy atom. The van der Waals surface area contributed by atoms with Crippen LogP contribution in [0.1, 0.15) is 26.2 Å². The molecule has 17 heavy (non-hydrogen) atoms. The van der Waals surface area contributed by atoms with Gasteiger partial charge in [-0.05, 0) is 26.2 Å². The van der Waals surface area contributed by atoms with E-state index in [0.29, 0.717) is 6.42 Å². The van der Waals surface area contributed by atoms with E-state index in [4.69, 9.17) is 23.2 Å². The fraction of sp³-hybridized carbons (Fsp3) is 0.818. The van der Waals surface area contributed by atoms with Gasteiger partial charge in [0.05, 0.1) is 12.0 Å². The summed E-state index contributed by atoms with van der Waals surface area (Å²) in [7, 11) is 0. The van der Waals surface area contributed by atoms with Crippen LogP contribution in [-0.2, 0) is 9.59 Å². The van der Waals surface area contributed by atoms with Gasteiger partial charge in [-0.1, -0.05) is 0 Å². The molecule has 0 radical (unpaired) electrons. The van der Waals surface area contributed by atoms with Crippen LogP contribution in [0.3, 0.4) is 0 Å². The zero-order valence-electron chi connectivity index (χ0n) is 9.76. The molecule has 2 rings (SSSR count). The highest BCUT2D eigenvalue weighted by molar-refractivity contribution is 6.53. The molecule has 1 aliphatic carbocycles. The number of nitrogens with zero attached hydrogens (tertiary/aromatic N) is 1. The number of hydrogen-bond acceptors (Lipinski definition) is 2. The molecule has 1 saturated carbocycles. The molecule has 1 heterocycles. The second-order valence-electron chi connectivity index (χ2n) is 4.98. The lowest BCUT2D eigenvalue weighted by Crippen LogP contribution is -2.41. The third-order valence-electron chi connectivity index (χ3n) is 3.62. The molecule has 6 heteroatoms. The van der Waals surface area contributed by atoms with Crippen LogP contribution in [0.5, 0.6) is 0 Å². The van der Waals surface area contributed by atoms with E-state index in [-0.39, 0.29) is 18.4 Å². The van der Waals surface area contributed by atoms with Crippen molar-refractivity contribution < 1.29 is 9.59 Å². The van der Waals surface area contributed by atoms with Gasteiger partial charge in [-0.15, -0.1) is 23.2 Å². The molecule has 0 aromatic heterocycles. The third kappa shape index (κ3) is 2.38. The summed E-state index contributed by atoms with van der Waals surface area (Å²) in [6, 6.07) is 0. The van der Waals surface area contributed by atoms with Crippen LogP contribution in [-0.4, -0.2) is 40.7 Å². The molecule has 1 N–H and O–H groups in total. The maximum Gasteiger partial charge on any atom is 0.241 e. The molecule has 0 aromatic rings. The second kappa shape index (κ2) is 4.32. The Balaban J connectivity index is 1.79. The number of halogens is 2. The summed E-state index contributed by atoms with van der Waals surface area (Å²) in [5, 5.41) is 2.62. The van der Waals surface area contributed by atoms with Gasteiger partial charge in [-0.25, -0.2) is 0 Å². The van der Waals surface area contributed by atoms with Crippen molar-refractivity contribution in [2.45, 2.75) is 30.5 Å². The van der Waals surface area contributed by atoms with Crippen molar-refractivity contribution in [3.63, 3.8) is 0 Å². The van der Waals surface area contributed by atoms with Crippen LogP contribution in [0.15, 0.2) is 0 Å². The summed E-state index contributed by atoms with van der Waals surface area (Å²) in [5.74, 6) is -0.273. The Kier molecular flexibility index (Phi) is 3.29. The van der Waals surface area contributed by atoms with E-state index in [1.165, 1.54) is 0 Å². The number of alkyl halides is 2. The standard InChI is InChI=1S/C11H16Cl2N2O2/c1-10(7-11(10,12)13)9(17)14-6-8(16)15-4-2-3-5-15/h2-7H2,1H3,(H,14,17)/t10-/m1/s1. The average molecular weight is 279 g/mol. The second-order valence-corrected chi connectivity index (χ2v) is 6.47. The first-order chi connectivity index (χ1) is 7.87. The average Bonchev–Trinajstić information content (AvgIpc) is 2.73. The largest absolute Gasteiger partial charge is 0.346 e. The van der Waals surface area contributed by atoms with Gasteiger partial charge in [-0.2, -0.15) is 0 Å². The molecule has 0 aromatic carbocycles. The zero-order valence-corrected chi connectivity index (χ0v) is 11.3. The topological polar surface area (TPSA) is 49.4 Å². The van der Waals surface area contributed by atoms with Gasteiger partial charge in [0.25, 0.3) is 0 Å². The fourth-order valence-corrected chi connectivity index (χ4v) is 2.78. The number of carbonyl (C=O) groups is 2. The van der Waals surface area contributed by atoms with Gasteiger partial charge in [0.1, 0.15) is 4.33 Å². The van der Waals surface area contributed by atoms with E-state index in [1.807, 2.05) is 0 Å². The Labute approximate surface area is 111 Å². The predicted molar refractivity (Wildman–Crippen MR) is 66.0 cm³/mol. The summed E-state index contributed by atoms with van der Waals surface area (Å²) in [6.45, 7) is 3.34. The summed E-state index contributed by atoms with van der Waals surface area (Å²) in [5.41, 5.74) is -0.749. The van der Waals surface area contributed by atoms with E-state index in [9.17, 15) is 9.59 Å². The minimum Gasteiger partial charge on any atom is -0.346 e. The zero-order chi connectivity index (χ0) is 12.7. The van der Waals surface area contributed by atoms with Crippen molar-refractivity contribution in [2.24, 2.45) is 5.41 Å². The first-order valence-electron chi connectivity index (χ1n) is 5.81. The smallest absolute Gasteiger partial charge is 0.241 e. The Bertz CT molecular complexity index is 353. The molecule has 4 nitrogen and oxygen atoms in total. The molecule has 0 bridgehead atoms. The molecule has 1 saturated heterocycles. The molecule has 0 unspecified atom stereocenters. The SMILES string of the molecule is C[C@]1(C(=O)NCC(=O)N2CCCC2)CC1(Cl)Cl. The van der Waals surface area contributed by atoms with E-state index >= 15 is 0 Å². The summed E-state index contributed by atoms with van der Waals surface area (Å²) in [4.78, 5) is 25.3. The van der Waals surface area contributed by atoms with Crippen LogP contribution in [0.2, 0.25) is 0 Å². The van der Waals surface area contributed by atoms with E-state index < -0.39 is 9.75 Å². The minimum absolute atomic E-state index is 0.0326. The maximum atomic E-state index is 11.8. The number of amides is 2. The molecule has 2 fully saturated rings. The maximum absolute atomic E-state index is 11.8. The summed E-state index contributed by atoms with van der Waals surface area (Å²) < 4.78 is -0.978. The molecule has 2 amide bonds. The van der Waals surface area contributed by atoms with Crippen molar-refractivity contribution in [1.82, 2.24) is 10.2 Å². The van der Waals surface area contributed by atoms with Gasteiger partial charge in [0, 0.05) is 13.1 Å². The van der Waals surface area contributed by atoms with Crippen LogP contribution < -0.4 is 5.32 Å². The number of hydrogen-bond donors (Lipinski definition) is 1. The normalized spacial score (nSPS) is 30.2. The number of likely N-dealkylation sites (tertiary alicyclic amines) is 1. The molecule has 96 valence electrons.